The van der Waals surface area contributed by atoms with Gasteiger partial charge in [-0.3, -0.25) is 0 Å². The average molecular weight is 290 g/mol. The molecule has 10 heteroatoms. The van der Waals surface area contributed by atoms with Crippen LogP contribution in [0.15, 0.2) is 6.07 Å². The summed E-state index contributed by atoms with van der Waals surface area (Å²) in [5.74, 6) is -1.67. The maximum Gasteiger partial charge on any atom is 0.574 e. The Hall–Kier alpha value is -1.55. The van der Waals surface area contributed by atoms with Gasteiger partial charge in [0.15, 0.2) is 0 Å². The second kappa shape index (κ2) is 5.21. The minimum atomic E-state index is -5.34. The van der Waals surface area contributed by atoms with Crippen LogP contribution < -0.4 is 10.5 Å². The van der Waals surface area contributed by atoms with Gasteiger partial charge >= 0.3 is 12.5 Å². The number of pyridine rings is 1. The van der Waals surface area contributed by atoms with E-state index in [0.717, 1.165) is 6.07 Å². The standard InChI is InChI=1S/C9H8F6N2O2/c10-8(11,12)6-4(2-16)1-5(3-18)17-7(6)19-9(13,14)15/h1,18H,2-3,16H2. The Morgan fingerprint density at radius 2 is 1.79 bits per heavy atom. The minimum Gasteiger partial charge on any atom is -0.390 e. The van der Waals surface area contributed by atoms with E-state index in [9.17, 15) is 26.3 Å². The summed E-state index contributed by atoms with van der Waals surface area (Å²) in [6.07, 6.45) is -10.5. The summed E-state index contributed by atoms with van der Waals surface area (Å²) in [7, 11) is 0. The zero-order valence-electron chi connectivity index (χ0n) is 9.14. The molecule has 0 aliphatic heterocycles. The van der Waals surface area contributed by atoms with Gasteiger partial charge in [-0.15, -0.1) is 13.2 Å². The zero-order valence-corrected chi connectivity index (χ0v) is 9.14. The first-order valence-electron chi connectivity index (χ1n) is 4.75. The summed E-state index contributed by atoms with van der Waals surface area (Å²) < 4.78 is 77.5. The topological polar surface area (TPSA) is 68.4 Å². The molecule has 0 aliphatic carbocycles. The third-order valence-electron chi connectivity index (χ3n) is 2.00. The highest BCUT2D eigenvalue weighted by molar-refractivity contribution is 5.39. The van der Waals surface area contributed by atoms with Crippen molar-refractivity contribution in [2.24, 2.45) is 5.73 Å². The van der Waals surface area contributed by atoms with Gasteiger partial charge in [-0.2, -0.15) is 13.2 Å². The Morgan fingerprint density at radius 3 is 2.16 bits per heavy atom. The van der Waals surface area contributed by atoms with Gasteiger partial charge in [-0.25, -0.2) is 4.98 Å². The first-order chi connectivity index (χ1) is 8.58. The van der Waals surface area contributed by atoms with Crippen molar-refractivity contribution in [1.82, 2.24) is 4.98 Å². The van der Waals surface area contributed by atoms with Crippen molar-refractivity contribution in [2.75, 3.05) is 0 Å². The Balaban J connectivity index is 3.47. The number of nitrogens with two attached hydrogens (primary N) is 1. The molecule has 1 rings (SSSR count). The minimum absolute atomic E-state index is 0.410. The molecule has 0 fully saturated rings. The van der Waals surface area contributed by atoms with Crippen molar-refractivity contribution < 1.29 is 36.2 Å². The van der Waals surface area contributed by atoms with Crippen LogP contribution >= 0.6 is 0 Å². The molecule has 3 N–H and O–H groups in total. The van der Waals surface area contributed by atoms with Crippen LogP contribution in [-0.4, -0.2) is 16.5 Å². The molecule has 0 unspecified atom stereocenters. The summed E-state index contributed by atoms with van der Waals surface area (Å²) in [5, 5.41) is 8.75. The summed E-state index contributed by atoms with van der Waals surface area (Å²) >= 11 is 0. The van der Waals surface area contributed by atoms with Crippen LogP contribution in [0.5, 0.6) is 5.88 Å². The molecule has 1 aromatic rings. The molecular weight excluding hydrogens is 282 g/mol. The van der Waals surface area contributed by atoms with Gasteiger partial charge in [-0.05, 0) is 11.6 Å². The Bertz CT molecular complexity index is 457. The van der Waals surface area contributed by atoms with Crippen molar-refractivity contribution in [3.05, 3.63) is 22.9 Å². The molecule has 1 heterocycles. The predicted molar refractivity (Wildman–Crippen MR) is 49.7 cm³/mol. The molecule has 0 atom stereocenters. The lowest BCUT2D eigenvalue weighted by Crippen LogP contribution is -2.23. The number of halogens is 6. The summed E-state index contributed by atoms with van der Waals surface area (Å²) in [5.41, 5.74) is 2.30. The maximum atomic E-state index is 12.7. The van der Waals surface area contributed by atoms with Crippen molar-refractivity contribution in [1.29, 1.82) is 0 Å². The molecule has 0 bridgehead atoms. The second-order valence-corrected chi connectivity index (χ2v) is 3.36. The highest BCUT2D eigenvalue weighted by Crippen LogP contribution is 2.39. The van der Waals surface area contributed by atoms with Crippen molar-refractivity contribution in [3.8, 4) is 5.88 Å². The maximum absolute atomic E-state index is 12.7. The number of aliphatic hydroxyl groups excluding tert-OH is 1. The molecule has 0 amide bonds. The van der Waals surface area contributed by atoms with Gasteiger partial charge < -0.3 is 15.6 Å². The SMILES string of the molecule is NCc1cc(CO)nc(OC(F)(F)F)c1C(F)(F)F. The first-order valence-corrected chi connectivity index (χ1v) is 4.75. The van der Waals surface area contributed by atoms with Gasteiger partial charge in [0.05, 0.1) is 12.3 Å². The fraction of sp³-hybridized carbons (Fsp3) is 0.444. The molecular formula is C9H8F6N2O2. The Morgan fingerprint density at radius 1 is 1.21 bits per heavy atom. The third kappa shape index (κ3) is 3.96. The number of hydrogen-bond donors (Lipinski definition) is 2. The van der Waals surface area contributed by atoms with E-state index in [1.165, 1.54) is 0 Å². The van der Waals surface area contributed by atoms with Crippen LogP contribution in [0.3, 0.4) is 0 Å². The lowest BCUT2D eigenvalue weighted by atomic mass is 10.1. The number of nitrogens with zero attached hydrogens (tertiary/aromatic N) is 1. The largest absolute Gasteiger partial charge is 0.574 e. The summed E-state index contributed by atoms with van der Waals surface area (Å²) in [6, 6.07) is 0.770. The molecule has 0 aromatic carbocycles. The molecule has 4 nitrogen and oxygen atoms in total. The second-order valence-electron chi connectivity index (χ2n) is 3.36. The van der Waals surface area contributed by atoms with E-state index in [-0.39, 0.29) is 0 Å². The van der Waals surface area contributed by atoms with Crippen LogP contribution in [0.2, 0.25) is 0 Å². The number of rotatable bonds is 3. The predicted octanol–water partition coefficient (Wildman–Crippen LogP) is 1.95. The van der Waals surface area contributed by atoms with Crippen molar-refractivity contribution in [3.63, 3.8) is 0 Å². The van der Waals surface area contributed by atoms with Crippen molar-refractivity contribution in [2.45, 2.75) is 25.7 Å². The number of alkyl halides is 6. The number of aromatic nitrogens is 1. The van der Waals surface area contributed by atoms with Crippen LogP contribution in [-0.2, 0) is 19.3 Å². The van der Waals surface area contributed by atoms with E-state index in [4.69, 9.17) is 10.8 Å². The van der Waals surface area contributed by atoms with E-state index in [2.05, 4.69) is 9.72 Å². The van der Waals surface area contributed by atoms with Crippen LogP contribution in [0.4, 0.5) is 26.3 Å². The van der Waals surface area contributed by atoms with Gasteiger partial charge in [-0.1, -0.05) is 0 Å². The fourth-order valence-corrected chi connectivity index (χ4v) is 1.36. The van der Waals surface area contributed by atoms with E-state index in [1.807, 2.05) is 0 Å². The molecule has 0 spiro atoms. The lowest BCUT2D eigenvalue weighted by molar-refractivity contribution is -0.278. The molecule has 0 saturated carbocycles. The highest BCUT2D eigenvalue weighted by Gasteiger charge is 2.42. The quantitative estimate of drug-likeness (QED) is 0.835. The van der Waals surface area contributed by atoms with Gasteiger partial charge in [0, 0.05) is 6.54 Å². The van der Waals surface area contributed by atoms with Crippen LogP contribution in [0.25, 0.3) is 0 Å². The molecule has 19 heavy (non-hydrogen) atoms. The smallest absolute Gasteiger partial charge is 0.390 e. The fourth-order valence-electron chi connectivity index (χ4n) is 1.36. The summed E-state index contributed by atoms with van der Waals surface area (Å²) in [4.78, 5) is 2.98. The van der Waals surface area contributed by atoms with Crippen LogP contribution in [0.1, 0.15) is 16.8 Å². The molecule has 1 aromatic heterocycles. The normalized spacial score (nSPS) is 12.6. The lowest BCUT2D eigenvalue weighted by Gasteiger charge is -2.18. The summed E-state index contributed by atoms with van der Waals surface area (Å²) in [6.45, 7) is -1.53. The highest BCUT2D eigenvalue weighted by atomic mass is 19.4. The monoisotopic (exact) mass is 290 g/mol. The molecule has 108 valence electrons. The van der Waals surface area contributed by atoms with Crippen LogP contribution in [0, 0.1) is 0 Å². The molecule has 0 saturated heterocycles. The number of aliphatic hydroxyl groups is 1. The number of hydrogen-bond acceptors (Lipinski definition) is 4. The number of ether oxygens (including phenoxy) is 1. The van der Waals surface area contributed by atoms with Gasteiger partial charge in [0.25, 0.3) is 0 Å². The molecule has 0 radical (unpaired) electrons. The van der Waals surface area contributed by atoms with E-state index >= 15 is 0 Å². The first kappa shape index (κ1) is 15.5. The van der Waals surface area contributed by atoms with Gasteiger partial charge in [0.1, 0.15) is 5.56 Å². The van der Waals surface area contributed by atoms with E-state index in [1.54, 1.807) is 0 Å². The van der Waals surface area contributed by atoms with E-state index < -0.39 is 48.4 Å². The Kier molecular flexibility index (Phi) is 4.25. The van der Waals surface area contributed by atoms with Crippen molar-refractivity contribution >= 4 is 0 Å². The third-order valence-corrected chi connectivity index (χ3v) is 2.00. The average Bonchev–Trinajstić information content (AvgIpc) is 2.23. The Labute approximate surface area is 102 Å². The van der Waals surface area contributed by atoms with E-state index in [0.29, 0.717) is 0 Å². The molecule has 0 aliphatic rings. The zero-order chi connectivity index (χ0) is 14.8. The van der Waals surface area contributed by atoms with Gasteiger partial charge in [0.2, 0.25) is 5.88 Å².